The van der Waals surface area contributed by atoms with Crippen LogP contribution in [-0.2, 0) is 10.0 Å². The Morgan fingerprint density at radius 3 is 2.50 bits per heavy atom. The summed E-state index contributed by atoms with van der Waals surface area (Å²) in [4.78, 5) is 3.32. The van der Waals surface area contributed by atoms with Gasteiger partial charge in [0.15, 0.2) is 10.7 Å². The number of alkyl halides is 2. The van der Waals surface area contributed by atoms with Gasteiger partial charge in [-0.1, -0.05) is 0 Å². The van der Waals surface area contributed by atoms with Crippen LogP contribution in [0, 0.1) is 14.9 Å². The van der Waals surface area contributed by atoms with E-state index in [4.69, 9.17) is 10.4 Å². The van der Waals surface area contributed by atoms with Gasteiger partial charge in [-0.25, -0.2) is 27.3 Å². The van der Waals surface area contributed by atoms with Crippen LogP contribution in [0.3, 0.4) is 0 Å². The number of primary sulfonamides is 1. The van der Waals surface area contributed by atoms with Crippen LogP contribution in [0.4, 0.5) is 8.78 Å². The third kappa shape index (κ3) is 2.63. The zero-order valence-electron chi connectivity index (χ0n) is 7.49. The molecule has 5 nitrogen and oxygen atoms in total. The van der Waals surface area contributed by atoms with Crippen molar-refractivity contribution in [3.05, 3.63) is 20.9 Å². The standard InChI is InChI=1S/C7H4F2IN3O2S/c8-6(9)3-1-4(10)7(16(12,14)15)13-5(3)2-11/h1,6H,(H2,12,14,15). The molecule has 0 aromatic carbocycles. The molecule has 0 fully saturated rings. The number of sulfonamides is 1. The second-order valence-electron chi connectivity index (χ2n) is 2.67. The van der Waals surface area contributed by atoms with E-state index in [0.717, 1.165) is 6.07 Å². The molecule has 0 bridgehead atoms. The first-order valence-corrected chi connectivity index (χ1v) is 6.31. The van der Waals surface area contributed by atoms with Crippen LogP contribution in [0.25, 0.3) is 0 Å². The van der Waals surface area contributed by atoms with E-state index in [1.807, 2.05) is 0 Å². The molecule has 0 unspecified atom stereocenters. The molecule has 0 atom stereocenters. The predicted octanol–water partition coefficient (Wildman–Crippen LogP) is 1.14. The molecule has 0 amide bonds. The van der Waals surface area contributed by atoms with Gasteiger partial charge in [0.2, 0.25) is 0 Å². The molecule has 86 valence electrons. The maximum absolute atomic E-state index is 12.4. The highest BCUT2D eigenvalue weighted by Gasteiger charge is 2.22. The molecule has 0 radical (unpaired) electrons. The summed E-state index contributed by atoms with van der Waals surface area (Å²) in [5.74, 6) is 0. The highest BCUT2D eigenvalue weighted by molar-refractivity contribution is 14.1. The molecule has 0 aliphatic rings. The van der Waals surface area contributed by atoms with Crippen molar-refractivity contribution in [2.45, 2.75) is 11.5 Å². The summed E-state index contributed by atoms with van der Waals surface area (Å²) in [6, 6.07) is 2.29. The topological polar surface area (TPSA) is 96.8 Å². The van der Waals surface area contributed by atoms with Crippen molar-refractivity contribution >= 4 is 32.6 Å². The van der Waals surface area contributed by atoms with E-state index in [-0.39, 0.29) is 3.57 Å². The Bertz CT molecular complexity index is 568. The second-order valence-corrected chi connectivity index (χ2v) is 5.31. The minimum Gasteiger partial charge on any atom is -0.223 e. The van der Waals surface area contributed by atoms with Crippen molar-refractivity contribution in [1.29, 1.82) is 5.26 Å². The summed E-state index contributed by atoms with van der Waals surface area (Å²) in [7, 11) is -4.12. The number of hydrogen-bond donors (Lipinski definition) is 1. The number of nitriles is 1. The number of halogens is 3. The molecule has 1 aromatic heterocycles. The summed E-state index contributed by atoms with van der Waals surface area (Å²) in [5.41, 5.74) is -1.25. The van der Waals surface area contributed by atoms with Gasteiger partial charge in [-0.05, 0) is 28.7 Å². The van der Waals surface area contributed by atoms with Gasteiger partial charge in [0.05, 0.1) is 9.13 Å². The minimum absolute atomic E-state index is 0.0469. The molecular weight excluding hydrogens is 355 g/mol. The molecule has 9 heteroatoms. The van der Waals surface area contributed by atoms with Crippen LogP contribution in [0.1, 0.15) is 17.7 Å². The van der Waals surface area contributed by atoms with Crippen molar-refractivity contribution < 1.29 is 17.2 Å². The molecular formula is C7H4F2IN3O2S. The monoisotopic (exact) mass is 359 g/mol. The first kappa shape index (κ1) is 13.2. The van der Waals surface area contributed by atoms with Crippen LogP contribution in [-0.4, -0.2) is 13.4 Å². The van der Waals surface area contributed by atoms with Crippen LogP contribution < -0.4 is 5.14 Å². The average molecular weight is 359 g/mol. The SMILES string of the molecule is N#Cc1nc(S(N)(=O)=O)c(I)cc1C(F)F. The summed E-state index contributed by atoms with van der Waals surface area (Å²) >= 11 is 1.51. The summed E-state index contributed by atoms with van der Waals surface area (Å²) in [6.45, 7) is 0. The van der Waals surface area contributed by atoms with Gasteiger partial charge >= 0.3 is 0 Å². The van der Waals surface area contributed by atoms with E-state index in [1.165, 1.54) is 28.7 Å². The Labute approximate surface area is 103 Å². The fourth-order valence-electron chi connectivity index (χ4n) is 0.942. The molecule has 16 heavy (non-hydrogen) atoms. The van der Waals surface area contributed by atoms with Crippen molar-refractivity contribution in [2.75, 3.05) is 0 Å². The van der Waals surface area contributed by atoms with Gasteiger partial charge in [0.25, 0.3) is 16.4 Å². The van der Waals surface area contributed by atoms with E-state index < -0.39 is 32.7 Å². The third-order valence-corrected chi connectivity index (χ3v) is 3.62. The van der Waals surface area contributed by atoms with Gasteiger partial charge in [-0.15, -0.1) is 0 Å². The van der Waals surface area contributed by atoms with E-state index in [0.29, 0.717) is 0 Å². The summed E-state index contributed by atoms with van der Waals surface area (Å²) < 4.78 is 46.9. The number of aromatic nitrogens is 1. The van der Waals surface area contributed by atoms with E-state index in [1.54, 1.807) is 0 Å². The number of hydrogen-bond acceptors (Lipinski definition) is 4. The Morgan fingerprint density at radius 2 is 2.12 bits per heavy atom. The average Bonchev–Trinajstić information content (AvgIpc) is 2.15. The highest BCUT2D eigenvalue weighted by atomic mass is 127. The lowest BCUT2D eigenvalue weighted by Gasteiger charge is -2.06. The predicted molar refractivity (Wildman–Crippen MR) is 58.0 cm³/mol. The zero-order valence-corrected chi connectivity index (χ0v) is 10.5. The molecule has 1 rings (SSSR count). The van der Waals surface area contributed by atoms with Gasteiger partial charge in [-0.3, -0.25) is 0 Å². The number of pyridine rings is 1. The summed E-state index contributed by atoms with van der Waals surface area (Å²) in [5, 5.41) is 12.8. The fraction of sp³-hybridized carbons (Fsp3) is 0.143. The van der Waals surface area contributed by atoms with Gasteiger partial charge in [0.1, 0.15) is 6.07 Å². The Kier molecular flexibility index (Phi) is 3.76. The number of nitrogens with zero attached hydrogens (tertiary/aromatic N) is 2. The number of nitrogens with two attached hydrogens (primary N) is 1. The molecule has 0 saturated carbocycles. The Balaban J connectivity index is 3.58. The van der Waals surface area contributed by atoms with E-state index >= 15 is 0 Å². The smallest absolute Gasteiger partial charge is 0.223 e. The van der Waals surface area contributed by atoms with Gasteiger partial charge < -0.3 is 0 Å². The third-order valence-electron chi connectivity index (χ3n) is 1.58. The van der Waals surface area contributed by atoms with Crippen molar-refractivity contribution in [2.24, 2.45) is 5.14 Å². The molecule has 0 spiro atoms. The van der Waals surface area contributed by atoms with E-state index in [9.17, 15) is 17.2 Å². The normalized spacial score (nSPS) is 11.5. The van der Waals surface area contributed by atoms with Crippen molar-refractivity contribution in [1.82, 2.24) is 4.98 Å². The Hall–Kier alpha value is -0.860. The minimum atomic E-state index is -4.12. The van der Waals surface area contributed by atoms with Crippen LogP contribution in [0.15, 0.2) is 11.1 Å². The van der Waals surface area contributed by atoms with Crippen LogP contribution in [0.5, 0.6) is 0 Å². The molecule has 1 aromatic rings. The fourth-order valence-corrected chi connectivity index (χ4v) is 2.87. The largest absolute Gasteiger partial charge is 0.266 e. The second kappa shape index (κ2) is 4.56. The lowest BCUT2D eigenvalue weighted by atomic mass is 10.2. The lowest BCUT2D eigenvalue weighted by Crippen LogP contribution is -2.17. The molecule has 0 aliphatic carbocycles. The van der Waals surface area contributed by atoms with Gasteiger partial charge in [-0.2, -0.15) is 5.26 Å². The van der Waals surface area contributed by atoms with Crippen molar-refractivity contribution in [3.8, 4) is 6.07 Å². The van der Waals surface area contributed by atoms with Crippen molar-refractivity contribution in [3.63, 3.8) is 0 Å². The maximum Gasteiger partial charge on any atom is 0.266 e. The van der Waals surface area contributed by atoms with E-state index in [2.05, 4.69) is 4.98 Å². The molecule has 1 heterocycles. The molecule has 0 saturated heterocycles. The quantitative estimate of drug-likeness (QED) is 0.801. The molecule has 0 aliphatic heterocycles. The molecule has 2 N–H and O–H groups in total. The summed E-state index contributed by atoms with van der Waals surface area (Å²) in [6.07, 6.45) is -2.90. The first-order chi connectivity index (χ1) is 7.27. The van der Waals surface area contributed by atoms with Crippen LogP contribution >= 0.6 is 22.6 Å². The number of rotatable bonds is 2. The highest BCUT2D eigenvalue weighted by Crippen LogP contribution is 2.26. The maximum atomic E-state index is 12.4. The lowest BCUT2D eigenvalue weighted by molar-refractivity contribution is 0.150. The van der Waals surface area contributed by atoms with Gasteiger partial charge in [0, 0.05) is 0 Å². The van der Waals surface area contributed by atoms with Crippen LogP contribution in [0.2, 0.25) is 0 Å². The Morgan fingerprint density at radius 1 is 1.56 bits per heavy atom. The zero-order chi connectivity index (χ0) is 12.5. The first-order valence-electron chi connectivity index (χ1n) is 3.69.